The van der Waals surface area contributed by atoms with Gasteiger partial charge in [0.1, 0.15) is 5.82 Å². The minimum atomic E-state index is -2.86. The molecule has 0 saturated carbocycles. The van der Waals surface area contributed by atoms with Crippen LogP contribution in [0.15, 0.2) is 22.7 Å². The van der Waals surface area contributed by atoms with E-state index in [2.05, 4.69) is 25.9 Å². The van der Waals surface area contributed by atoms with Gasteiger partial charge in [-0.1, -0.05) is 15.9 Å². The highest BCUT2D eigenvalue weighted by atomic mass is 79.9. The van der Waals surface area contributed by atoms with E-state index in [-0.39, 0.29) is 17.4 Å². The van der Waals surface area contributed by atoms with Crippen LogP contribution in [0.3, 0.4) is 0 Å². The van der Waals surface area contributed by atoms with E-state index in [0.29, 0.717) is 6.42 Å². The highest BCUT2D eigenvalue weighted by molar-refractivity contribution is 9.10. The summed E-state index contributed by atoms with van der Waals surface area (Å²) in [5.74, 6) is 1.30. The lowest BCUT2D eigenvalue weighted by Crippen LogP contribution is -2.04. The van der Waals surface area contributed by atoms with Gasteiger partial charge >= 0.3 is 0 Å². The largest absolute Gasteiger partial charge is 0.342 e. The van der Waals surface area contributed by atoms with Gasteiger partial charge in [-0.25, -0.2) is 13.4 Å². The number of sulfone groups is 1. The summed E-state index contributed by atoms with van der Waals surface area (Å²) >= 11 is 3.40. The Kier molecular flexibility index (Phi) is 2.52. The molecule has 1 saturated heterocycles. The third-order valence-corrected chi connectivity index (χ3v) is 5.34. The van der Waals surface area contributed by atoms with Gasteiger partial charge in [0.15, 0.2) is 9.84 Å². The molecule has 2 aromatic rings. The summed E-state index contributed by atoms with van der Waals surface area (Å²) in [7, 11) is -2.86. The molecular formula is C11H11BrN2O2S. The molecule has 1 aromatic carbocycles. The Hall–Kier alpha value is -0.880. The monoisotopic (exact) mass is 314 g/mol. The minimum Gasteiger partial charge on any atom is -0.342 e. The molecule has 90 valence electrons. The highest BCUT2D eigenvalue weighted by Gasteiger charge is 2.30. The number of nitrogens with zero attached hydrogens (tertiary/aromatic N) is 1. The molecule has 3 rings (SSSR count). The number of hydrogen-bond donors (Lipinski definition) is 1. The zero-order chi connectivity index (χ0) is 12.0. The number of halogens is 1. The van der Waals surface area contributed by atoms with Crippen molar-refractivity contribution < 1.29 is 8.42 Å². The molecule has 1 aromatic heterocycles. The van der Waals surface area contributed by atoms with Crippen molar-refractivity contribution in [1.29, 1.82) is 0 Å². The highest BCUT2D eigenvalue weighted by Crippen LogP contribution is 2.29. The van der Waals surface area contributed by atoms with Gasteiger partial charge < -0.3 is 4.98 Å². The average Bonchev–Trinajstić information content (AvgIpc) is 2.80. The van der Waals surface area contributed by atoms with Crippen molar-refractivity contribution in [2.24, 2.45) is 0 Å². The summed E-state index contributed by atoms with van der Waals surface area (Å²) in [6, 6.07) is 5.80. The van der Waals surface area contributed by atoms with Crippen LogP contribution >= 0.6 is 15.9 Å². The van der Waals surface area contributed by atoms with Crippen LogP contribution < -0.4 is 0 Å². The molecule has 6 heteroatoms. The third-order valence-electron chi connectivity index (χ3n) is 3.08. The van der Waals surface area contributed by atoms with Crippen molar-refractivity contribution in [1.82, 2.24) is 9.97 Å². The van der Waals surface area contributed by atoms with Crippen LogP contribution in [0.5, 0.6) is 0 Å². The van der Waals surface area contributed by atoms with E-state index in [9.17, 15) is 8.42 Å². The van der Waals surface area contributed by atoms with Crippen LogP contribution in [-0.4, -0.2) is 29.9 Å². The first-order valence-electron chi connectivity index (χ1n) is 5.39. The third kappa shape index (κ3) is 2.11. The summed E-state index contributed by atoms with van der Waals surface area (Å²) in [5, 5.41) is 0. The molecule has 1 N–H and O–H groups in total. The quantitative estimate of drug-likeness (QED) is 0.878. The minimum absolute atomic E-state index is 0.0196. The van der Waals surface area contributed by atoms with E-state index in [1.165, 1.54) is 0 Å². The van der Waals surface area contributed by atoms with Gasteiger partial charge in [-0.05, 0) is 24.6 Å². The van der Waals surface area contributed by atoms with Crippen LogP contribution in [0, 0.1) is 0 Å². The van der Waals surface area contributed by atoms with Crippen molar-refractivity contribution in [3.63, 3.8) is 0 Å². The van der Waals surface area contributed by atoms with Gasteiger partial charge in [-0.15, -0.1) is 0 Å². The molecule has 2 heterocycles. The van der Waals surface area contributed by atoms with Gasteiger partial charge in [-0.2, -0.15) is 0 Å². The second-order valence-corrected chi connectivity index (χ2v) is 7.53. The lowest BCUT2D eigenvalue weighted by Gasteiger charge is -2.01. The van der Waals surface area contributed by atoms with Crippen molar-refractivity contribution in [3.8, 4) is 0 Å². The number of fused-ring (bicyclic) bond motifs is 1. The summed E-state index contributed by atoms with van der Waals surface area (Å²) < 4.78 is 23.9. The van der Waals surface area contributed by atoms with Gasteiger partial charge in [0.05, 0.1) is 22.5 Å². The Labute approximate surface area is 107 Å². The Morgan fingerprint density at radius 1 is 1.41 bits per heavy atom. The first kappa shape index (κ1) is 11.2. The summed E-state index contributed by atoms with van der Waals surface area (Å²) in [6.45, 7) is 0. The summed E-state index contributed by atoms with van der Waals surface area (Å²) in [6.07, 6.45) is 0.670. The first-order chi connectivity index (χ1) is 8.03. The number of benzene rings is 1. The van der Waals surface area contributed by atoms with Crippen LogP contribution in [-0.2, 0) is 9.84 Å². The normalized spacial score (nSPS) is 23.2. The maximum Gasteiger partial charge on any atom is 0.151 e. The van der Waals surface area contributed by atoms with Gasteiger partial charge in [-0.3, -0.25) is 0 Å². The lowest BCUT2D eigenvalue weighted by molar-refractivity contribution is 0.601. The Balaban J connectivity index is 2.02. The SMILES string of the molecule is O=S1(=O)CCC(c2nc3ccc(Br)cc3[nH]2)C1. The van der Waals surface area contributed by atoms with E-state index in [1.54, 1.807) is 0 Å². The first-order valence-corrected chi connectivity index (χ1v) is 8.00. The maximum absolute atomic E-state index is 11.4. The van der Waals surface area contributed by atoms with E-state index < -0.39 is 9.84 Å². The standard InChI is InChI=1S/C11H11BrN2O2S/c12-8-1-2-9-10(5-8)14-11(13-9)7-3-4-17(15,16)6-7/h1-2,5,7H,3-4,6H2,(H,13,14). The molecule has 1 atom stereocenters. The molecule has 0 bridgehead atoms. The van der Waals surface area contributed by atoms with Crippen molar-refractivity contribution in [2.75, 3.05) is 11.5 Å². The maximum atomic E-state index is 11.4. The Morgan fingerprint density at radius 2 is 2.24 bits per heavy atom. The molecule has 0 spiro atoms. The fourth-order valence-electron chi connectivity index (χ4n) is 2.21. The van der Waals surface area contributed by atoms with Crippen molar-refractivity contribution in [3.05, 3.63) is 28.5 Å². The number of imidazole rings is 1. The fraction of sp³-hybridized carbons (Fsp3) is 0.364. The molecular weight excluding hydrogens is 304 g/mol. The number of nitrogens with one attached hydrogen (secondary N) is 1. The molecule has 1 fully saturated rings. The van der Waals surface area contributed by atoms with Crippen LogP contribution in [0.25, 0.3) is 11.0 Å². The predicted octanol–water partition coefficient (Wildman–Crippen LogP) is 2.23. The van der Waals surface area contributed by atoms with E-state index in [1.807, 2.05) is 18.2 Å². The number of aromatic nitrogens is 2. The molecule has 0 amide bonds. The smallest absolute Gasteiger partial charge is 0.151 e. The van der Waals surface area contributed by atoms with Crippen molar-refractivity contribution in [2.45, 2.75) is 12.3 Å². The number of hydrogen-bond acceptors (Lipinski definition) is 3. The summed E-state index contributed by atoms with van der Waals surface area (Å²) in [5.41, 5.74) is 1.83. The average molecular weight is 315 g/mol. The Morgan fingerprint density at radius 3 is 2.94 bits per heavy atom. The lowest BCUT2D eigenvalue weighted by atomic mass is 10.1. The van der Waals surface area contributed by atoms with Crippen LogP contribution in [0.4, 0.5) is 0 Å². The van der Waals surface area contributed by atoms with Crippen molar-refractivity contribution >= 4 is 36.8 Å². The van der Waals surface area contributed by atoms with Gasteiger partial charge in [0.2, 0.25) is 0 Å². The molecule has 0 radical (unpaired) electrons. The zero-order valence-corrected chi connectivity index (χ0v) is 11.4. The van der Waals surface area contributed by atoms with E-state index >= 15 is 0 Å². The van der Waals surface area contributed by atoms with Gasteiger partial charge in [0, 0.05) is 10.4 Å². The second kappa shape index (κ2) is 3.81. The van der Waals surface area contributed by atoms with Crippen LogP contribution in [0.2, 0.25) is 0 Å². The fourth-order valence-corrected chi connectivity index (χ4v) is 4.31. The summed E-state index contributed by atoms with van der Waals surface area (Å²) in [4.78, 5) is 7.67. The second-order valence-electron chi connectivity index (χ2n) is 4.38. The predicted molar refractivity (Wildman–Crippen MR) is 69.8 cm³/mol. The topological polar surface area (TPSA) is 62.8 Å². The van der Waals surface area contributed by atoms with E-state index in [0.717, 1.165) is 21.3 Å². The van der Waals surface area contributed by atoms with Crippen LogP contribution in [0.1, 0.15) is 18.2 Å². The molecule has 17 heavy (non-hydrogen) atoms. The number of rotatable bonds is 1. The molecule has 1 aliphatic heterocycles. The molecule has 0 aliphatic carbocycles. The Bertz CT molecular complexity index is 678. The molecule has 4 nitrogen and oxygen atoms in total. The van der Waals surface area contributed by atoms with E-state index in [4.69, 9.17) is 0 Å². The molecule has 1 unspecified atom stereocenters. The number of H-pyrrole nitrogens is 1. The molecule has 1 aliphatic rings. The number of aromatic amines is 1. The van der Waals surface area contributed by atoms with Gasteiger partial charge in [0.25, 0.3) is 0 Å². The zero-order valence-electron chi connectivity index (χ0n) is 8.98.